The number of halogens is 3. The van der Waals surface area contributed by atoms with Crippen LogP contribution in [0.1, 0.15) is 23.2 Å². The Balaban J connectivity index is 1.43. The Labute approximate surface area is 187 Å². The highest BCUT2D eigenvalue weighted by molar-refractivity contribution is 9.10. The van der Waals surface area contributed by atoms with Crippen molar-refractivity contribution < 1.29 is 4.79 Å². The molecule has 2 aliphatic heterocycles. The molecular weight excluding hydrogens is 473 g/mol. The number of benzene rings is 2. The van der Waals surface area contributed by atoms with Gasteiger partial charge in [0.05, 0.1) is 21.1 Å². The van der Waals surface area contributed by atoms with Crippen LogP contribution < -0.4 is 4.90 Å². The number of nitrogens with zero attached hydrogens (tertiary/aromatic N) is 3. The van der Waals surface area contributed by atoms with Gasteiger partial charge in [-0.05, 0) is 55.3 Å². The molecule has 29 heavy (non-hydrogen) atoms. The van der Waals surface area contributed by atoms with E-state index in [1.165, 1.54) is 0 Å². The minimum atomic E-state index is 0.0705. The molecule has 2 aliphatic rings. The van der Waals surface area contributed by atoms with Crippen LogP contribution in [0.5, 0.6) is 0 Å². The summed E-state index contributed by atoms with van der Waals surface area (Å²) in [5.41, 5.74) is 2.62. The lowest BCUT2D eigenvalue weighted by Crippen LogP contribution is -2.55. The zero-order chi connectivity index (χ0) is 20.1. The van der Waals surface area contributed by atoms with Crippen molar-refractivity contribution in [3.05, 3.63) is 68.7 Å². The van der Waals surface area contributed by atoms with Crippen LogP contribution in [0.15, 0.2) is 53.1 Å². The fourth-order valence-electron chi connectivity index (χ4n) is 4.61. The van der Waals surface area contributed by atoms with Gasteiger partial charge >= 0.3 is 0 Å². The number of pyridine rings is 1. The molecule has 0 spiro atoms. The molecular formula is C22H18BrCl2N3O. The standard InChI is InChI=1S/C22H18BrCl2N3O/c23-13-1-6-21-18(9-13)17(7-8-26-21)22(29)27-11-15-2-3-16(12-27)28(15)14-4-5-19(24)20(25)10-14/h1,4-10,15-16H,2-3,11-12H2. The second-order valence-corrected chi connectivity index (χ2v) is 9.35. The van der Waals surface area contributed by atoms with E-state index in [2.05, 4.69) is 25.8 Å². The summed E-state index contributed by atoms with van der Waals surface area (Å²) in [6.07, 6.45) is 3.85. The summed E-state index contributed by atoms with van der Waals surface area (Å²) in [7, 11) is 0. The first-order valence-electron chi connectivity index (χ1n) is 9.58. The first-order valence-corrected chi connectivity index (χ1v) is 11.1. The van der Waals surface area contributed by atoms with Crippen molar-refractivity contribution in [3.8, 4) is 0 Å². The molecule has 3 heterocycles. The van der Waals surface area contributed by atoms with Crippen LogP contribution >= 0.6 is 39.1 Å². The third kappa shape index (κ3) is 3.39. The van der Waals surface area contributed by atoms with Gasteiger partial charge in [0.15, 0.2) is 0 Å². The molecule has 2 aromatic carbocycles. The normalized spacial score (nSPS) is 21.1. The smallest absolute Gasteiger partial charge is 0.254 e. The summed E-state index contributed by atoms with van der Waals surface area (Å²) >= 11 is 15.8. The predicted molar refractivity (Wildman–Crippen MR) is 121 cm³/mol. The average molecular weight is 491 g/mol. The lowest BCUT2D eigenvalue weighted by Gasteiger charge is -2.42. The van der Waals surface area contributed by atoms with E-state index in [9.17, 15) is 4.79 Å². The first-order chi connectivity index (χ1) is 14.0. The van der Waals surface area contributed by atoms with Gasteiger partial charge < -0.3 is 9.80 Å². The summed E-state index contributed by atoms with van der Waals surface area (Å²) in [5.74, 6) is 0.0705. The molecule has 2 atom stereocenters. The molecule has 2 saturated heterocycles. The van der Waals surface area contributed by atoms with E-state index in [0.29, 0.717) is 28.7 Å². The van der Waals surface area contributed by atoms with E-state index in [1.807, 2.05) is 47.4 Å². The van der Waals surface area contributed by atoms with Crippen LogP contribution in [0.4, 0.5) is 5.69 Å². The van der Waals surface area contributed by atoms with Gasteiger partial charge in [0.1, 0.15) is 0 Å². The number of amides is 1. The van der Waals surface area contributed by atoms with E-state index in [1.54, 1.807) is 6.20 Å². The molecule has 4 nitrogen and oxygen atoms in total. The van der Waals surface area contributed by atoms with Crippen molar-refractivity contribution >= 4 is 61.6 Å². The quantitative estimate of drug-likeness (QED) is 0.455. The summed E-state index contributed by atoms with van der Waals surface area (Å²) < 4.78 is 0.941. The van der Waals surface area contributed by atoms with Crippen LogP contribution in [0.2, 0.25) is 10.0 Å². The Morgan fingerprint density at radius 2 is 1.76 bits per heavy atom. The zero-order valence-electron chi connectivity index (χ0n) is 15.5. The number of aromatic nitrogens is 1. The molecule has 1 aromatic heterocycles. The summed E-state index contributed by atoms with van der Waals surface area (Å²) in [4.78, 5) is 22.2. The third-order valence-corrected chi connectivity index (χ3v) is 7.14. The maximum atomic E-state index is 13.4. The monoisotopic (exact) mass is 489 g/mol. The van der Waals surface area contributed by atoms with Crippen LogP contribution in [0, 0.1) is 0 Å². The van der Waals surface area contributed by atoms with E-state index >= 15 is 0 Å². The summed E-state index contributed by atoms with van der Waals surface area (Å²) in [6.45, 7) is 1.40. The Kier molecular flexibility index (Phi) is 4.93. The van der Waals surface area contributed by atoms with Crippen LogP contribution in [-0.4, -0.2) is 41.0 Å². The molecule has 0 aliphatic carbocycles. The number of carbonyl (C=O) groups excluding carboxylic acids is 1. The highest BCUT2D eigenvalue weighted by atomic mass is 79.9. The topological polar surface area (TPSA) is 36.4 Å². The Morgan fingerprint density at radius 3 is 2.48 bits per heavy atom. The van der Waals surface area contributed by atoms with Crippen molar-refractivity contribution in [3.63, 3.8) is 0 Å². The second kappa shape index (κ2) is 7.46. The Bertz CT molecular complexity index is 1110. The fraction of sp³-hybridized carbons (Fsp3) is 0.273. The minimum Gasteiger partial charge on any atom is -0.362 e. The number of carbonyl (C=O) groups is 1. The van der Waals surface area contributed by atoms with Gasteiger partial charge in [-0.25, -0.2) is 0 Å². The third-order valence-electron chi connectivity index (χ3n) is 5.90. The molecule has 2 bridgehead atoms. The fourth-order valence-corrected chi connectivity index (χ4v) is 5.26. The first kappa shape index (κ1) is 19.2. The molecule has 0 radical (unpaired) electrons. The van der Waals surface area contributed by atoms with Crippen LogP contribution in [0.25, 0.3) is 10.9 Å². The predicted octanol–water partition coefficient (Wildman–Crippen LogP) is 5.80. The Hall–Kier alpha value is -1.82. The molecule has 7 heteroatoms. The van der Waals surface area contributed by atoms with Crippen molar-refractivity contribution in [2.24, 2.45) is 0 Å². The minimum absolute atomic E-state index is 0.0705. The van der Waals surface area contributed by atoms with Crippen molar-refractivity contribution in [1.29, 1.82) is 0 Å². The van der Waals surface area contributed by atoms with E-state index < -0.39 is 0 Å². The molecule has 0 saturated carbocycles. The highest BCUT2D eigenvalue weighted by Gasteiger charge is 2.41. The number of fused-ring (bicyclic) bond motifs is 3. The van der Waals surface area contributed by atoms with Crippen LogP contribution in [-0.2, 0) is 0 Å². The van der Waals surface area contributed by atoms with Gasteiger partial charge in [-0.1, -0.05) is 39.1 Å². The molecule has 5 rings (SSSR count). The number of rotatable bonds is 2. The number of likely N-dealkylation sites (tertiary alicyclic amines) is 1. The molecule has 3 aromatic rings. The van der Waals surface area contributed by atoms with Gasteiger partial charge in [0, 0.05) is 46.9 Å². The molecule has 0 N–H and O–H groups in total. The van der Waals surface area contributed by atoms with E-state index in [4.69, 9.17) is 23.2 Å². The van der Waals surface area contributed by atoms with Gasteiger partial charge in [0.2, 0.25) is 0 Å². The van der Waals surface area contributed by atoms with Gasteiger partial charge in [-0.15, -0.1) is 0 Å². The highest BCUT2D eigenvalue weighted by Crippen LogP contribution is 2.38. The van der Waals surface area contributed by atoms with Gasteiger partial charge in [-0.2, -0.15) is 0 Å². The van der Waals surface area contributed by atoms with Gasteiger partial charge in [-0.3, -0.25) is 9.78 Å². The number of anilines is 1. The van der Waals surface area contributed by atoms with Crippen molar-refractivity contribution in [2.75, 3.05) is 18.0 Å². The lowest BCUT2D eigenvalue weighted by molar-refractivity contribution is 0.0720. The zero-order valence-corrected chi connectivity index (χ0v) is 18.6. The van der Waals surface area contributed by atoms with E-state index in [-0.39, 0.29) is 18.0 Å². The second-order valence-electron chi connectivity index (χ2n) is 7.62. The van der Waals surface area contributed by atoms with Gasteiger partial charge in [0.25, 0.3) is 5.91 Å². The summed E-state index contributed by atoms with van der Waals surface area (Å²) in [6, 6.07) is 14.0. The maximum absolute atomic E-state index is 13.4. The number of piperazine rings is 1. The molecule has 2 unspecified atom stereocenters. The lowest BCUT2D eigenvalue weighted by atomic mass is 10.1. The van der Waals surface area contributed by atoms with E-state index in [0.717, 1.165) is 33.9 Å². The molecule has 148 valence electrons. The SMILES string of the molecule is O=C(c1ccnc2ccc(Br)cc12)N1CC2CCC(C1)N2c1ccc(Cl)c(Cl)c1. The largest absolute Gasteiger partial charge is 0.362 e. The van der Waals surface area contributed by atoms with Crippen molar-refractivity contribution in [1.82, 2.24) is 9.88 Å². The van der Waals surface area contributed by atoms with Crippen LogP contribution in [0.3, 0.4) is 0 Å². The average Bonchev–Trinajstić information content (AvgIpc) is 2.98. The molecule has 2 fully saturated rings. The van der Waals surface area contributed by atoms with Crippen molar-refractivity contribution in [2.45, 2.75) is 24.9 Å². The molecule has 1 amide bonds. The number of hydrogen-bond acceptors (Lipinski definition) is 3. The maximum Gasteiger partial charge on any atom is 0.254 e. The number of hydrogen-bond donors (Lipinski definition) is 0. The summed E-state index contributed by atoms with van der Waals surface area (Å²) in [5, 5.41) is 2.01. The Morgan fingerprint density at radius 1 is 1.00 bits per heavy atom.